The van der Waals surface area contributed by atoms with Crippen LogP contribution in [0.25, 0.3) is 0 Å². The van der Waals surface area contributed by atoms with E-state index in [1.165, 1.54) is 0 Å². The topological polar surface area (TPSA) is 29.5 Å². The molecule has 0 saturated heterocycles. The molecule has 0 unspecified atom stereocenters. The smallest absolute Gasteiger partial charge is 0.182 e. The molecular weight excluding hydrogens is 212 g/mol. The van der Waals surface area contributed by atoms with E-state index < -0.39 is 6.29 Å². The molecule has 0 heterocycles. The molecule has 0 bridgehead atoms. The van der Waals surface area contributed by atoms with Crippen molar-refractivity contribution in [3.05, 3.63) is 34.9 Å². The van der Waals surface area contributed by atoms with Crippen molar-refractivity contribution in [3.8, 4) is 0 Å². The zero-order chi connectivity index (χ0) is 11.5. The summed E-state index contributed by atoms with van der Waals surface area (Å²) in [5.74, 6) is 0. The molecule has 1 aromatic carbocycles. The minimum atomic E-state index is -0.946. The van der Waals surface area contributed by atoms with Crippen molar-refractivity contribution in [2.75, 3.05) is 6.61 Å². The molecule has 0 aliphatic heterocycles. The number of aliphatic hydroxyl groups is 1. The summed E-state index contributed by atoms with van der Waals surface area (Å²) in [4.78, 5) is 0. The zero-order valence-corrected chi connectivity index (χ0v) is 10.1. The van der Waals surface area contributed by atoms with E-state index >= 15 is 0 Å². The highest BCUT2D eigenvalue weighted by Gasteiger charge is 2.16. The zero-order valence-electron chi connectivity index (χ0n) is 9.33. The fraction of sp³-hybridized carbons (Fsp3) is 0.500. The lowest BCUT2D eigenvalue weighted by atomic mass is 9.99. The van der Waals surface area contributed by atoms with Gasteiger partial charge in [0.1, 0.15) is 0 Å². The van der Waals surface area contributed by atoms with Crippen LogP contribution in [0.1, 0.15) is 32.6 Å². The maximum Gasteiger partial charge on any atom is 0.182 e. The van der Waals surface area contributed by atoms with Gasteiger partial charge in [0.2, 0.25) is 0 Å². The van der Waals surface area contributed by atoms with E-state index in [9.17, 15) is 5.11 Å². The molecule has 2 nitrogen and oxygen atoms in total. The number of hydrogen-bond donors (Lipinski definition) is 1. The quantitative estimate of drug-likeness (QED) is 0.804. The van der Waals surface area contributed by atoms with E-state index in [0.29, 0.717) is 17.2 Å². The van der Waals surface area contributed by atoms with Gasteiger partial charge in [0.15, 0.2) is 6.29 Å². The molecule has 0 fully saturated rings. The van der Waals surface area contributed by atoms with Gasteiger partial charge >= 0.3 is 0 Å². The van der Waals surface area contributed by atoms with Gasteiger partial charge < -0.3 is 9.84 Å². The summed E-state index contributed by atoms with van der Waals surface area (Å²) in [5.41, 5.74) is 0.644. The highest BCUT2D eigenvalue weighted by Crippen LogP contribution is 2.25. The van der Waals surface area contributed by atoms with Crippen LogP contribution in [0, 0.1) is 5.41 Å². The van der Waals surface area contributed by atoms with E-state index in [-0.39, 0.29) is 5.41 Å². The van der Waals surface area contributed by atoms with Crippen LogP contribution in [0.3, 0.4) is 0 Å². The van der Waals surface area contributed by atoms with E-state index in [0.717, 1.165) is 0 Å². The van der Waals surface area contributed by atoms with Crippen LogP contribution in [-0.2, 0) is 4.74 Å². The number of hydrogen-bond acceptors (Lipinski definition) is 2. The molecule has 1 atom stereocenters. The van der Waals surface area contributed by atoms with Crippen molar-refractivity contribution in [1.82, 2.24) is 0 Å². The summed E-state index contributed by atoms with van der Waals surface area (Å²) in [5, 5.41) is 10.3. The Morgan fingerprint density at radius 1 is 1.33 bits per heavy atom. The van der Waals surface area contributed by atoms with Gasteiger partial charge in [-0.1, -0.05) is 50.6 Å². The molecule has 0 aliphatic carbocycles. The van der Waals surface area contributed by atoms with Crippen LogP contribution >= 0.6 is 11.6 Å². The van der Waals surface area contributed by atoms with Crippen molar-refractivity contribution in [1.29, 1.82) is 0 Å². The molecular formula is C12H17ClO2. The van der Waals surface area contributed by atoms with Gasteiger partial charge in [-0.15, -0.1) is 0 Å². The summed E-state index contributed by atoms with van der Waals surface area (Å²) in [6.45, 7) is 6.63. The second-order valence-corrected chi connectivity index (χ2v) is 5.15. The lowest BCUT2D eigenvalue weighted by Gasteiger charge is -2.21. The molecule has 0 saturated carbocycles. The van der Waals surface area contributed by atoms with Crippen molar-refractivity contribution >= 4 is 11.6 Å². The predicted octanol–water partition coefficient (Wildman–Crippen LogP) is 3.39. The third kappa shape index (κ3) is 4.20. The standard InChI is InChI=1S/C12H17ClO2/c1-12(2,3)8-15-11(14)9-6-4-5-7-10(9)13/h4-7,11,14H,8H2,1-3H3/t11-/m1/s1. The third-order valence-corrected chi connectivity index (χ3v) is 2.19. The van der Waals surface area contributed by atoms with Crippen LogP contribution in [0.2, 0.25) is 5.02 Å². The Morgan fingerprint density at radius 2 is 1.93 bits per heavy atom. The van der Waals surface area contributed by atoms with Gasteiger partial charge in [-0.25, -0.2) is 0 Å². The summed E-state index contributed by atoms with van der Waals surface area (Å²) < 4.78 is 5.34. The monoisotopic (exact) mass is 228 g/mol. The number of aliphatic hydroxyl groups excluding tert-OH is 1. The number of halogens is 1. The van der Waals surface area contributed by atoms with Gasteiger partial charge in [0, 0.05) is 10.6 Å². The maximum absolute atomic E-state index is 9.76. The SMILES string of the molecule is CC(C)(C)CO[C@@H](O)c1ccccc1Cl. The Labute approximate surface area is 95.8 Å². The Kier molecular flexibility index (Phi) is 4.14. The van der Waals surface area contributed by atoms with Gasteiger partial charge in [-0.05, 0) is 11.5 Å². The molecule has 0 spiro atoms. The molecule has 84 valence electrons. The molecule has 15 heavy (non-hydrogen) atoms. The molecule has 0 aliphatic rings. The van der Waals surface area contributed by atoms with Crippen LogP contribution in [0.4, 0.5) is 0 Å². The first-order chi connectivity index (χ1) is 6.90. The molecule has 3 heteroatoms. The maximum atomic E-state index is 9.76. The second-order valence-electron chi connectivity index (χ2n) is 4.75. The summed E-state index contributed by atoms with van der Waals surface area (Å²) in [6, 6.07) is 7.14. The Bertz CT molecular complexity index is 318. The second kappa shape index (κ2) is 4.97. The molecule has 0 aromatic heterocycles. The number of rotatable bonds is 3. The Morgan fingerprint density at radius 3 is 2.47 bits per heavy atom. The van der Waals surface area contributed by atoms with Crippen molar-refractivity contribution in [3.63, 3.8) is 0 Å². The van der Waals surface area contributed by atoms with Crippen LogP contribution < -0.4 is 0 Å². The molecule has 0 amide bonds. The first-order valence-electron chi connectivity index (χ1n) is 4.94. The normalized spacial score (nSPS) is 13.9. The minimum absolute atomic E-state index is 0.0300. The largest absolute Gasteiger partial charge is 0.364 e. The third-order valence-electron chi connectivity index (χ3n) is 1.85. The summed E-state index contributed by atoms with van der Waals surface area (Å²) >= 11 is 5.93. The van der Waals surface area contributed by atoms with E-state index in [1.54, 1.807) is 12.1 Å². The number of ether oxygens (including phenoxy) is 1. The van der Waals surface area contributed by atoms with Crippen LogP contribution in [0.5, 0.6) is 0 Å². The minimum Gasteiger partial charge on any atom is -0.364 e. The first-order valence-corrected chi connectivity index (χ1v) is 5.32. The van der Waals surface area contributed by atoms with E-state index in [4.69, 9.17) is 16.3 Å². The van der Waals surface area contributed by atoms with Crippen molar-refractivity contribution in [2.45, 2.75) is 27.1 Å². The van der Waals surface area contributed by atoms with E-state index in [1.807, 2.05) is 32.9 Å². The average molecular weight is 229 g/mol. The predicted molar refractivity (Wildman–Crippen MR) is 61.8 cm³/mol. The lowest BCUT2D eigenvalue weighted by molar-refractivity contribution is -0.122. The highest BCUT2D eigenvalue weighted by atomic mass is 35.5. The van der Waals surface area contributed by atoms with Gasteiger partial charge in [-0.3, -0.25) is 0 Å². The van der Waals surface area contributed by atoms with Gasteiger partial charge in [0.05, 0.1) is 6.61 Å². The molecule has 1 aromatic rings. The number of benzene rings is 1. The fourth-order valence-corrected chi connectivity index (χ4v) is 1.32. The first kappa shape index (κ1) is 12.5. The van der Waals surface area contributed by atoms with Gasteiger partial charge in [0.25, 0.3) is 0 Å². The molecule has 1 N–H and O–H groups in total. The van der Waals surface area contributed by atoms with Crippen LogP contribution in [0.15, 0.2) is 24.3 Å². The Hall–Kier alpha value is -0.570. The lowest BCUT2D eigenvalue weighted by Crippen LogP contribution is -2.17. The van der Waals surface area contributed by atoms with Gasteiger partial charge in [-0.2, -0.15) is 0 Å². The van der Waals surface area contributed by atoms with Crippen LogP contribution in [-0.4, -0.2) is 11.7 Å². The summed E-state index contributed by atoms with van der Waals surface area (Å²) in [6.07, 6.45) is -0.946. The average Bonchev–Trinajstić information content (AvgIpc) is 2.14. The summed E-state index contributed by atoms with van der Waals surface area (Å²) in [7, 11) is 0. The molecule has 0 radical (unpaired) electrons. The van der Waals surface area contributed by atoms with E-state index in [2.05, 4.69) is 0 Å². The highest BCUT2D eigenvalue weighted by molar-refractivity contribution is 6.31. The van der Waals surface area contributed by atoms with Crippen molar-refractivity contribution < 1.29 is 9.84 Å². The van der Waals surface area contributed by atoms with Crippen molar-refractivity contribution in [2.24, 2.45) is 5.41 Å². The molecule has 1 rings (SSSR count). The fourth-order valence-electron chi connectivity index (χ4n) is 1.09. The Balaban J connectivity index is 2.62.